The van der Waals surface area contributed by atoms with Crippen molar-refractivity contribution < 1.29 is 26.8 Å². The zero-order valence-corrected chi connectivity index (χ0v) is 19.7. The van der Waals surface area contributed by atoms with Gasteiger partial charge >= 0.3 is 0 Å². The Bertz CT molecular complexity index is 1060. The van der Waals surface area contributed by atoms with Gasteiger partial charge in [0.2, 0.25) is 21.8 Å². The van der Waals surface area contributed by atoms with Crippen molar-refractivity contribution in [2.75, 3.05) is 23.7 Å². The lowest BCUT2D eigenvalue weighted by Gasteiger charge is -2.31. The van der Waals surface area contributed by atoms with Crippen LogP contribution >= 0.6 is 0 Å². The minimum atomic E-state index is -3.94. The van der Waals surface area contributed by atoms with Crippen molar-refractivity contribution >= 4 is 27.5 Å². The maximum atomic E-state index is 13.7. The SMILES string of the molecule is CCCCNC(=O)[C@H](C)N(Cc1ccc(F)cc1)C(=O)CN(c1cccc(F)c1)S(C)(=O)=O. The summed E-state index contributed by atoms with van der Waals surface area (Å²) in [4.78, 5) is 27.2. The summed E-state index contributed by atoms with van der Waals surface area (Å²) in [5.41, 5.74) is 0.558. The number of benzene rings is 2. The average Bonchev–Trinajstić information content (AvgIpc) is 2.75. The Hall–Kier alpha value is -3.01. The number of nitrogens with zero attached hydrogens (tertiary/aromatic N) is 2. The van der Waals surface area contributed by atoms with Gasteiger partial charge in [-0.05, 0) is 49.2 Å². The zero-order valence-electron chi connectivity index (χ0n) is 18.9. The number of hydrogen-bond acceptors (Lipinski definition) is 4. The highest BCUT2D eigenvalue weighted by Crippen LogP contribution is 2.20. The lowest BCUT2D eigenvalue weighted by molar-refractivity contribution is -0.139. The van der Waals surface area contributed by atoms with Gasteiger partial charge in [0.15, 0.2) is 0 Å². The van der Waals surface area contributed by atoms with Crippen LogP contribution in [0.3, 0.4) is 0 Å². The summed E-state index contributed by atoms with van der Waals surface area (Å²) in [5.74, 6) is -2.15. The number of carbonyl (C=O) groups excluding carboxylic acids is 2. The largest absolute Gasteiger partial charge is 0.354 e. The number of amides is 2. The third-order valence-corrected chi connectivity index (χ3v) is 6.18. The molecular weight excluding hydrogens is 452 g/mol. The summed E-state index contributed by atoms with van der Waals surface area (Å²) in [5, 5.41) is 2.76. The molecule has 0 bridgehead atoms. The lowest BCUT2D eigenvalue weighted by atomic mass is 10.1. The fraction of sp³-hybridized carbons (Fsp3) is 0.391. The van der Waals surface area contributed by atoms with Crippen LogP contribution in [0.4, 0.5) is 14.5 Å². The summed E-state index contributed by atoms with van der Waals surface area (Å²) in [6, 6.07) is 9.41. The van der Waals surface area contributed by atoms with Gasteiger partial charge < -0.3 is 10.2 Å². The molecule has 0 unspecified atom stereocenters. The van der Waals surface area contributed by atoms with Crippen LogP contribution in [0, 0.1) is 11.6 Å². The third kappa shape index (κ3) is 7.81. The van der Waals surface area contributed by atoms with Crippen molar-refractivity contribution in [3.63, 3.8) is 0 Å². The Kier molecular flexibility index (Phi) is 9.33. The summed E-state index contributed by atoms with van der Waals surface area (Å²) in [6.45, 7) is 3.29. The van der Waals surface area contributed by atoms with Gasteiger partial charge in [-0.3, -0.25) is 13.9 Å². The number of halogens is 2. The molecule has 0 saturated heterocycles. The van der Waals surface area contributed by atoms with E-state index in [1.807, 2.05) is 6.92 Å². The van der Waals surface area contributed by atoms with Crippen LogP contribution in [0.1, 0.15) is 32.3 Å². The van der Waals surface area contributed by atoms with E-state index in [9.17, 15) is 26.8 Å². The van der Waals surface area contributed by atoms with E-state index in [0.717, 1.165) is 35.5 Å². The molecule has 2 amide bonds. The molecule has 1 N–H and O–H groups in total. The predicted molar refractivity (Wildman–Crippen MR) is 123 cm³/mol. The van der Waals surface area contributed by atoms with Crippen LogP contribution in [0.15, 0.2) is 48.5 Å². The summed E-state index contributed by atoms with van der Waals surface area (Å²) < 4.78 is 52.6. The minimum Gasteiger partial charge on any atom is -0.354 e. The number of nitrogens with one attached hydrogen (secondary N) is 1. The molecule has 0 saturated carbocycles. The molecule has 0 aliphatic rings. The van der Waals surface area contributed by atoms with E-state index in [0.29, 0.717) is 12.1 Å². The molecular formula is C23H29F2N3O4S. The molecule has 0 spiro atoms. The Balaban J connectivity index is 2.33. The second-order valence-corrected chi connectivity index (χ2v) is 9.62. The van der Waals surface area contributed by atoms with Crippen LogP contribution in [0.5, 0.6) is 0 Å². The second kappa shape index (κ2) is 11.7. The number of unbranched alkanes of at least 4 members (excludes halogenated alkanes) is 1. The van der Waals surface area contributed by atoms with Gasteiger partial charge in [-0.15, -0.1) is 0 Å². The molecule has 33 heavy (non-hydrogen) atoms. The Labute approximate surface area is 193 Å². The Morgan fingerprint density at radius 2 is 1.73 bits per heavy atom. The monoisotopic (exact) mass is 481 g/mol. The zero-order chi connectivity index (χ0) is 24.6. The maximum Gasteiger partial charge on any atom is 0.244 e. The normalized spacial score (nSPS) is 12.2. The van der Waals surface area contributed by atoms with Crippen LogP contribution in [-0.2, 0) is 26.2 Å². The van der Waals surface area contributed by atoms with Crippen molar-refractivity contribution in [3.05, 3.63) is 65.7 Å². The lowest BCUT2D eigenvalue weighted by Crippen LogP contribution is -2.51. The highest BCUT2D eigenvalue weighted by molar-refractivity contribution is 7.92. The van der Waals surface area contributed by atoms with Crippen LogP contribution in [0.2, 0.25) is 0 Å². The van der Waals surface area contributed by atoms with E-state index >= 15 is 0 Å². The summed E-state index contributed by atoms with van der Waals surface area (Å²) >= 11 is 0. The molecule has 7 nitrogen and oxygen atoms in total. The molecule has 180 valence electrons. The van der Waals surface area contributed by atoms with Crippen LogP contribution < -0.4 is 9.62 Å². The molecule has 0 heterocycles. The second-order valence-electron chi connectivity index (χ2n) is 7.72. The first-order valence-electron chi connectivity index (χ1n) is 10.6. The molecule has 0 aliphatic heterocycles. The molecule has 0 aromatic heterocycles. The molecule has 0 radical (unpaired) electrons. The number of rotatable bonds is 11. The van der Waals surface area contributed by atoms with E-state index in [1.54, 1.807) is 0 Å². The minimum absolute atomic E-state index is 0.00682. The van der Waals surface area contributed by atoms with Crippen molar-refractivity contribution in [3.8, 4) is 0 Å². The third-order valence-electron chi connectivity index (χ3n) is 5.04. The van der Waals surface area contributed by atoms with Gasteiger partial charge in [-0.1, -0.05) is 31.5 Å². The standard InChI is InChI=1S/C23H29F2N3O4S/c1-4-5-13-26-23(30)17(2)27(15-18-9-11-19(24)12-10-18)22(29)16-28(33(3,31)32)21-8-6-7-20(25)14-21/h6-12,14,17H,4-5,13,15-16H2,1-3H3,(H,26,30)/t17-/m0/s1. The number of anilines is 1. The number of carbonyl (C=O) groups is 2. The van der Waals surface area contributed by atoms with E-state index in [2.05, 4.69) is 5.32 Å². The van der Waals surface area contributed by atoms with Gasteiger partial charge in [0, 0.05) is 13.1 Å². The van der Waals surface area contributed by atoms with Gasteiger partial charge in [0.1, 0.15) is 24.2 Å². The smallest absolute Gasteiger partial charge is 0.244 e. The fourth-order valence-electron chi connectivity index (χ4n) is 3.15. The molecule has 10 heteroatoms. The topological polar surface area (TPSA) is 86.8 Å². The number of hydrogen-bond donors (Lipinski definition) is 1. The molecule has 2 rings (SSSR count). The highest BCUT2D eigenvalue weighted by Gasteiger charge is 2.30. The Morgan fingerprint density at radius 1 is 1.06 bits per heavy atom. The van der Waals surface area contributed by atoms with E-state index in [4.69, 9.17) is 0 Å². The molecule has 0 fully saturated rings. The fourth-order valence-corrected chi connectivity index (χ4v) is 3.99. The first-order valence-corrected chi connectivity index (χ1v) is 12.4. The quantitative estimate of drug-likeness (QED) is 0.500. The molecule has 2 aromatic carbocycles. The first-order chi connectivity index (χ1) is 15.5. The van der Waals surface area contributed by atoms with Crippen molar-refractivity contribution in [2.45, 2.75) is 39.3 Å². The van der Waals surface area contributed by atoms with E-state index in [-0.39, 0.29) is 12.2 Å². The van der Waals surface area contributed by atoms with Gasteiger partial charge in [0.25, 0.3) is 0 Å². The van der Waals surface area contributed by atoms with Gasteiger partial charge in [-0.2, -0.15) is 0 Å². The first kappa shape index (κ1) is 26.2. The van der Waals surface area contributed by atoms with Crippen molar-refractivity contribution in [1.29, 1.82) is 0 Å². The number of sulfonamides is 1. The van der Waals surface area contributed by atoms with Gasteiger partial charge in [-0.25, -0.2) is 17.2 Å². The summed E-state index contributed by atoms with van der Waals surface area (Å²) in [7, 11) is -3.94. The predicted octanol–water partition coefficient (Wildman–Crippen LogP) is 3.06. The summed E-state index contributed by atoms with van der Waals surface area (Å²) in [6.07, 6.45) is 2.56. The van der Waals surface area contributed by atoms with Crippen LogP contribution in [-0.4, -0.2) is 50.5 Å². The van der Waals surface area contributed by atoms with Crippen LogP contribution in [0.25, 0.3) is 0 Å². The molecule has 1 atom stereocenters. The molecule has 2 aromatic rings. The highest BCUT2D eigenvalue weighted by atomic mass is 32.2. The van der Waals surface area contributed by atoms with Crippen molar-refractivity contribution in [2.24, 2.45) is 0 Å². The maximum absolute atomic E-state index is 13.7. The molecule has 0 aliphatic carbocycles. The van der Waals surface area contributed by atoms with E-state index in [1.165, 1.54) is 48.2 Å². The van der Waals surface area contributed by atoms with E-state index < -0.39 is 46.1 Å². The Morgan fingerprint density at radius 3 is 2.30 bits per heavy atom. The van der Waals surface area contributed by atoms with Crippen molar-refractivity contribution in [1.82, 2.24) is 10.2 Å². The van der Waals surface area contributed by atoms with Gasteiger partial charge in [0.05, 0.1) is 11.9 Å². The average molecular weight is 482 g/mol.